The molecule has 1 atom stereocenters. The second-order valence-corrected chi connectivity index (χ2v) is 5.67. The predicted molar refractivity (Wildman–Crippen MR) is 79.8 cm³/mol. The van der Waals surface area contributed by atoms with Crippen molar-refractivity contribution in [2.24, 2.45) is 0 Å². The first-order valence-corrected chi connectivity index (χ1v) is 7.52. The van der Waals surface area contributed by atoms with Gasteiger partial charge in [0.15, 0.2) is 5.78 Å². The van der Waals surface area contributed by atoms with Crippen LogP contribution in [0.4, 0.5) is 0 Å². The third kappa shape index (κ3) is 3.56. The average molecular weight is 299 g/mol. The molecule has 21 heavy (non-hydrogen) atoms. The standard InChI is InChI=1S/C16H13NO3S/c1-20-15-4-2-3-5-16(15)21(19)11-14(18)13-8-6-12(10-17)7-9-13/h2-9H,11H2,1H3. The molecular formula is C16H13NO3S. The second-order valence-electron chi connectivity index (χ2n) is 4.25. The lowest BCUT2D eigenvalue weighted by atomic mass is 10.1. The number of para-hydroxylation sites is 1. The Morgan fingerprint density at radius 3 is 2.48 bits per heavy atom. The molecule has 2 rings (SSSR count). The number of ketones is 1. The van der Waals surface area contributed by atoms with Crippen molar-refractivity contribution in [2.45, 2.75) is 4.90 Å². The molecule has 0 N–H and O–H groups in total. The molecular weight excluding hydrogens is 286 g/mol. The summed E-state index contributed by atoms with van der Waals surface area (Å²) in [6, 6.07) is 15.2. The second kappa shape index (κ2) is 6.82. The Kier molecular flexibility index (Phi) is 4.85. The molecule has 0 amide bonds. The van der Waals surface area contributed by atoms with Crippen LogP contribution in [0.25, 0.3) is 0 Å². The molecule has 2 aromatic carbocycles. The fourth-order valence-electron chi connectivity index (χ4n) is 1.82. The number of nitrogens with zero attached hydrogens (tertiary/aromatic N) is 1. The Hall–Kier alpha value is -2.45. The van der Waals surface area contributed by atoms with Crippen molar-refractivity contribution in [1.29, 1.82) is 5.26 Å². The maximum atomic E-state index is 12.3. The van der Waals surface area contributed by atoms with Gasteiger partial charge in [0.05, 0.1) is 40.2 Å². The van der Waals surface area contributed by atoms with E-state index in [1.807, 2.05) is 6.07 Å². The molecule has 0 saturated heterocycles. The van der Waals surface area contributed by atoms with Gasteiger partial charge in [-0.25, -0.2) is 0 Å². The van der Waals surface area contributed by atoms with Crippen molar-refractivity contribution in [3.8, 4) is 11.8 Å². The molecule has 0 aliphatic heterocycles. The van der Waals surface area contributed by atoms with Gasteiger partial charge in [-0.2, -0.15) is 5.26 Å². The third-order valence-electron chi connectivity index (χ3n) is 2.91. The van der Waals surface area contributed by atoms with E-state index >= 15 is 0 Å². The van der Waals surface area contributed by atoms with E-state index in [1.165, 1.54) is 7.11 Å². The Labute approximate surface area is 125 Å². The van der Waals surface area contributed by atoms with Gasteiger partial charge in [0.25, 0.3) is 0 Å². The zero-order valence-corrected chi connectivity index (χ0v) is 12.2. The molecule has 0 fully saturated rings. The third-order valence-corrected chi connectivity index (χ3v) is 4.26. The van der Waals surface area contributed by atoms with Crippen LogP contribution < -0.4 is 4.74 Å². The summed E-state index contributed by atoms with van der Waals surface area (Å²) in [6.45, 7) is 0. The molecule has 0 saturated carbocycles. The van der Waals surface area contributed by atoms with Crippen LogP contribution in [0.2, 0.25) is 0 Å². The van der Waals surface area contributed by atoms with Crippen LogP contribution in [0, 0.1) is 11.3 Å². The highest BCUT2D eigenvalue weighted by Gasteiger charge is 2.15. The molecule has 106 valence electrons. The number of hydrogen-bond acceptors (Lipinski definition) is 4. The van der Waals surface area contributed by atoms with E-state index in [9.17, 15) is 9.00 Å². The van der Waals surface area contributed by atoms with E-state index < -0.39 is 10.8 Å². The van der Waals surface area contributed by atoms with E-state index in [1.54, 1.807) is 48.5 Å². The quantitative estimate of drug-likeness (QED) is 0.796. The van der Waals surface area contributed by atoms with Crippen molar-refractivity contribution in [1.82, 2.24) is 0 Å². The monoisotopic (exact) mass is 299 g/mol. The van der Waals surface area contributed by atoms with Gasteiger partial charge in [0.1, 0.15) is 5.75 Å². The minimum Gasteiger partial charge on any atom is -0.495 e. The lowest BCUT2D eigenvalue weighted by Crippen LogP contribution is -2.11. The van der Waals surface area contributed by atoms with Gasteiger partial charge < -0.3 is 4.74 Å². The number of rotatable bonds is 5. The number of carbonyl (C=O) groups is 1. The predicted octanol–water partition coefficient (Wildman–Crippen LogP) is 2.56. The first kappa shape index (κ1) is 14.9. The molecule has 2 aromatic rings. The molecule has 0 aromatic heterocycles. The lowest BCUT2D eigenvalue weighted by molar-refractivity contribution is 0.102. The highest BCUT2D eigenvalue weighted by molar-refractivity contribution is 7.86. The summed E-state index contributed by atoms with van der Waals surface area (Å²) in [4.78, 5) is 12.6. The van der Waals surface area contributed by atoms with E-state index in [2.05, 4.69) is 0 Å². The van der Waals surface area contributed by atoms with Gasteiger partial charge in [0.2, 0.25) is 0 Å². The van der Waals surface area contributed by atoms with Crippen molar-refractivity contribution < 1.29 is 13.7 Å². The van der Waals surface area contributed by atoms with Crippen LogP contribution in [-0.2, 0) is 10.8 Å². The van der Waals surface area contributed by atoms with Crippen LogP contribution in [0.15, 0.2) is 53.4 Å². The number of Topliss-reactive ketones (excluding diaryl/α,β-unsaturated/α-hetero) is 1. The zero-order chi connectivity index (χ0) is 15.2. The maximum Gasteiger partial charge on any atom is 0.175 e. The van der Waals surface area contributed by atoms with Crippen molar-refractivity contribution in [3.05, 3.63) is 59.7 Å². The van der Waals surface area contributed by atoms with Crippen LogP contribution in [0.1, 0.15) is 15.9 Å². The largest absolute Gasteiger partial charge is 0.495 e. The average Bonchev–Trinajstić information content (AvgIpc) is 2.54. The molecule has 0 radical (unpaired) electrons. The van der Waals surface area contributed by atoms with Crippen molar-refractivity contribution in [3.63, 3.8) is 0 Å². The van der Waals surface area contributed by atoms with Gasteiger partial charge in [-0.3, -0.25) is 9.00 Å². The SMILES string of the molecule is COc1ccccc1S(=O)CC(=O)c1ccc(C#N)cc1. The first-order valence-electron chi connectivity index (χ1n) is 6.20. The maximum absolute atomic E-state index is 12.3. The van der Waals surface area contributed by atoms with Crippen LogP contribution >= 0.6 is 0 Å². The Balaban J connectivity index is 2.15. The normalized spacial score (nSPS) is 11.4. The summed E-state index contributed by atoms with van der Waals surface area (Å²) in [5.41, 5.74) is 0.926. The van der Waals surface area contributed by atoms with Gasteiger partial charge >= 0.3 is 0 Å². The van der Waals surface area contributed by atoms with Gasteiger partial charge in [-0.05, 0) is 24.3 Å². The molecule has 0 bridgehead atoms. The number of carbonyl (C=O) groups excluding carboxylic acids is 1. The Bertz CT molecular complexity index is 717. The zero-order valence-electron chi connectivity index (χ0n) is 11.4. The number of hydrogen-bond donors (Lipinski definition) is 0. The molecule has 0 aliphatic rings. The summed E-state index contributed by atoms with van der Waals surface area (Å²) in [5.74, 6) is 0.152. The number of methoxy groups -OCH3 is 1. The minimum atomic E-state index is -1.47. The van der Waals surface area contributed by atoms with E-state index in [-0.39, 0.29) is 11.5 Å². The van der Waals surface area contributed by atoms with Gasteiger partial charge in [-0.15, -0.1) is 0 Å². The molecule has 1 unspecified atom stereocenters. The van der Waals surface area contributed by atoms with E-state index in [0.29, 0.717) is 21.8 Å². The van der Waals surface area contributed by atoms with Gasteiger partial charge in [-0.1, -0.05) is 24.3 Å². The number of ether oxygens (including phenoxy) is 1. The smallest absolute Gasteiger partial charge is 0.175 e. The molecule has 0 aliphatic carbocycles. The summed E-state index contributed by atoms with van der Waals surface area (Å²) in [5, 5.41) is 8.72. The van der Waals surface area contributed by atoms with Crippen LogP contribution in [-0.4, -0.2) is 22.9 Å². The molecule has 4 nitrogen and oxygen atoms in total. The first-order chi connectivity index (χ1) is 10.2. The minimum absolute atomic E-state index is 0.119. The fraction of sp³-hybridized carbons (Fsp3) is 0.125. The van der Waals surface area contributed by atoms with Crippen molar-refractivity contribution >= 4 is 16.6 Å². The van der Waals surface area contributed by atoms with Gasteiger partial charge in [0, 0.05) is 5.56 Å². The highest BCUT2D eigenvalue weighted by Crippen LogP contribution is 2.21. The summed E-state index contributed by atoms with van der Waals surface area (Å²) in [6.07, 6.45) is 0. The number of nitriles is 1. The Morgan fingerprint density at radius 1 is 1.19 bits per heavy atom. The topological polar surface area (TPSA) is 67.2 Å². The van der Waals surface area contributed by atoms with E-state index in [0.717, 1.165) is 0 Å². The Morgan fingerprint density at radius 2 is 1.86 bits per heavy atom. The van der Waals surface area contributed by atoms with Crippen LogP contribution in [0.5, 0.6) is 5.75 Å². The summed E-state index contributed by atoms with van der Waals surface area (Å²) >= 11 is 0. The van der Waals surface area contributed by atoms with Crippen LogP contribution in [0.3, 0.4) is 0 Å². The summed E-state index contributed by atoms with van der Waals surface area (Å²) < 4.78 is 17.4. The van der Waals surface area contributed by atoms with E-state index in [4.69, 9.17) is 10.00 Å². The molecule has 0 spiro atoms. The number of benzene rings is 2. The lowest BCUT2D eigenvalue weighted by Gasteiger charge is -2.07. The molecule has 5 heteroatoms. The highest BCUT2D eigenvalue weighted by atomic mass is 32.2. The molecule has 0 heterocycles. The van der Waals surface area contributed by atoms with Crippen molar-refractivity contribution in [2.75, 3.05) is 12.9 Å². The fourth-order valence-corrected chi connectivity index (χ4v) is 2.98. The summed E-state index contributed by atoms with van der Waals surface area (Å²) in [7, 11) is 0.0264.